The molecule has 0 heteroatoms. The van der Waals surface area contributed by atoms with Crippen LogP contribution in [-0.2, 0) is 19.3 Å². The predicted octanol–water partition coefficient (Wildman–Crippen LogP) is 5.56. The highest BCUT2D eigenvalue weighted by atomic mass is 14.1. The minimum atomic E-state index is 1.02. The van der Waals surface area contributed by atoms with Gasteiger partial charge in [-0.25, -0.2) is 0 Å². The predicted molar refractivity (Wildman–Crippen MR) is 92.0 cm³/mol. The van der Waals surface area contributed by atoms with Crippen molar-refractivity contribution in [2.75, 3.05) is 0 Å². The lowest BCUT2D eigenvalue weighted by Gasteiger charge is -2.10. The first kappa shape index (κ1) is 13.9. The molecule has 0 saturated carbocycles. The second-order valence-corrected chi connectivity index (χ2v) is 5.68. The minimum Gasteiger partial charge on any atom is -0.0616 e. The summed E-state index contributed by atoms with van der Waals surface area (Å²) >= 11 is 0. The largest absolute Gasteiger partial charge is 0.0616 e. The Kier molecular flexibility index (Phi) is 4.06. The number of fused-ring (bicyclic) bond motifs is 1. The molecular formula is C21H22. The number of rotatable bonds is 4. The molecule has 3 aromatic rings. The summed E-state index contributed by atoms with van der Waals surface area (Å²) in [5, 5.41) is 2.71. The van der Waals surface area contributed by atoms with Gasteiger partial charge < -0.3 is 0 Å². The molecule has 0 aliphatic carbocycles. The monoisotopic (exact) mass is 274 g/mol. The van der Waals surface area contributed by atoms with Crippen molar-refractivity contribution >= 4 is 10.8 Å². The van der Waals surface area contributed by atoms with Crippen LogP contribution in [0.5, 0.6) is 0 Å². The quantitative estimate of drug-likeness (QED) is 0.584. The van der Waals surface area contributed by atoms with Crippen LogP contribution in [0.1, 0.15) is 36.1 Å². The van der Waals surface area contributed by atoms with E-state index >= 15 is 0 Å². The highest BCUT2D eigenvalue weighted by Crippen LogP contribution is 2.22. The topological polar surface area (TPSA) is 0 Å². The van der Waals surface area contributed by atoms with Crippen molar-refractivity contribution in [1.82, 2.24) is 0 Å². The maximum atomic E-state index is 2.36. The lowest BCUT2D eigenvalue weighted by atomic mass is 9.95. The smallest absolute Gasteiger partial charge is 0.00194 e. The van der Waals surface area contributed by atoms with Gasteiger partial charge in [-0.3, -0.25) is 0 Å². The van der Waals surface area contributed by atoms with E-state index in [4.69, 9.17) is 0 Å². The average Bonchev–Trinajstić information content (AvgIpc) is 2.55. The molecule has 0 radical (unpaired) electrons. The standard InChI is InChI=1S/C21H22/c1-3-16-12-17(4-2)14-18(13-16)15-20-10-7-9-19-8-5-6-11-21(19)20/h5-14H,3-4,15H2,1-2H3. The molecule has 0 aromatic heterocycles. The lowest BCUT2D eigenvalue weighted by Crippen LogP contribution is -1.94. The van der Waals surface area contributed by atoms with Gasteiger partial charge in [0.25, 0.3) is 0 Å². The third-order valence-corrected chi connectivity index (χ3v) is 4.20. The summed E-state index contributed by atoms with van der Waals surface area (Å²) in [5.41, 5.74) is 5.75. The summed E-state index contributed by atoms with van der Waals surface area (Å²) in [7, 11) is 0. The van der Waals surface area contributed by atoms with Gasteiger partial charge in [0.2, 0.25) is 0 Å². The van der Waals surface area contributed by atoms with Crippen LogP contribution in [0.2, 0.25) is 0 Å². The normalized spacial score (nSPS) is 11.0. The van der Waals surface area contributed by atoms with Crippen LogP contribution in [0.15, 0.2) is 60.7 Å². The van der Waals surface area contributed by atoms with Crippen molar-refractivity contribution in [3.8, 4) is 0 Å². The van der Waals surface area contributed by atoms with Crippen LogP contribution in [-0.4, -0.2) is 0 Å². The Hall–Kier alpha value is -2.08. The molecule has 0 spiro atoms. The zero-order chi connectivity index (χ0) is 14.7. The molecule has 0 aliphatic heterocycles. The van der Waals surface area contributed by atoms with Crippen LogP contribution in [0.3, 0.4) is 0 Å². The van der Waals surface area contributed by atoms with E-state index in [1.54, 1.807) is 0 Å². The molecule has 0 atom stereocenters. The first-order valence-corrected chi connectivity index (χ1v) is 7.88. The Bertz CT molecular complexity index is 725. The van der Waals surface area contributed by atoms with Gasteiger partial charge in [-0.2, -0.15) is 0 Å². The third-order valence-electron chi connectivity index (χ3n) is 4.20. The van der Waals surface area contributed by atoms with Crippen molar-refractivity contribution in [3.05, 3.63) is 82.9 Å². The van der Waals surface area contributed by atoms with Gasteiger partial charge in [0.15, 0.2) is 0 Å². The molecule has 0 N–H and O–H groups in total. The van der Waals surface area contributed by atoms with Crippen LogP contribution < -0.4 is 0 Å². The molecular weight excluding hydrogens is 252 g/mol. The molecule has 0 unspecified atom stereocenters. The maximum absolute atomic E-state index is 2.36. The molecule has 0 fully saturated rings. The van der Waals surface area contributed by atoms with Crippen LogP contribution in [0.25, 0.3) is 10.8 Å². The van der Waals surface area contributed by atoms with Gasteiger partial charge in [0.05, 0.1) is 0 Å². The first-order valence-electron chi connectivity index (χ1n) is 7.88. The first-order chi connectivity index (χ1) is 10.3. The van der Waals surface area contributed by atoms with Crippen LogP contribution in [0, 0.1) is 0 Å². The molecule has 106 valence electrons. The second kappa shape index (κ2) is 6.13. The summed E-state index contributed by atoms with van der Waals surface area (Å²) in [6, 6.07) is 22.3. The minimum absolute atomic E-state index is 1.02. The molecule has 0 saturated heterocycles. The van der Waals surface area contributed by atoms with Gasteiger partial charge in [-0.1, -0.05) is 74.5 Å². The van der Waals surface area contributed by atoms with E-state index in [0.29, 0.717) is 0 Å². The van der Waals surface area contributed by atoms with Crippen LogP contribution >= 0.6 is 0 Å². The summed E-state index contributed by atoms with van der Waals surface area (Å²) < 4.78 is 0. The summed E-state index contributed by atoms with van der Waals surface area (Å²) in [6.07, 6.45) is 3.23. The Morgan fingerprint density at radius 3 is 2.00 bits per heavy atom. The van der Waals surface area contributed by atoms with E-state index in [0.717, 1.165) is 19.3 Å². The van der Waals surface area contributed by atoms with Gasteiger partial charge in [-0.05, 0) is 52.3 Å². The SMILES string of the molecule is CCc1cc(CC)cc(Cc2cccc3ccccc23)c1. The fraction of sp³-hybridized carbons (Fsp3) is 0.238. The van der Waals surface area contributed by atoms with Gasteiger partial charge in [0, 0.05) is 0 Å². The maximum Gasteiger partial charge on any atom is -0.00194 e. The molecule has 0 bridgehead atoms. The van der Waals surface area contributed by atoms with E-state index in [1.165, 1.54) is 33.0 Å². The van der Waals surface area contributed by atoms with Crippen LogP contribution in [0.4, 0.5) is 0 Å². The zero-order valence-electron chi connectivity index (χ0n) is 12.9. The summed E-state index contributed by atoms with van der Waals surface area (Å²) in [5.74, 6) is 0. The zero-order valence-corrected chi connectivity index (χ0v) is 12.9. The van der Waals surface area contributed by atoms with E-state index in [-0.39, 0.29) is 0 Å². The Morgan fingerprint density at radius 1 is 0.667 bits per heavy atom. The van der Waals surface area contributed by atoms with Crippen molar-refractivity contribution in [2.24, 2.45) is 0 Å². The Morgan fingerprint density at radius 2 is 1.29 bits per heavy atom. The molecule has 0 amide bonds. The molecule has 3 rings (SSSR count). The average molecular weight is 274 g/mol. The summed E-state index contributed by atoms with van der Waals surface area (Å²) in [4.78, 5) is 0. The number of benzene rings is 3. The number of aryl methyl sites for hydroxylation is 2. The molecule has 0 heterocycles. The Labute approximate surface area is 127 Å². The van der Waals surface area contributed by atoms with Crippen molar-refractivity contribution in [3.63, 3.8) is 0 Å². The van der Waals surface area contributed by atoms with Crippen molar-refractivity contribution in [1.29, 1.82) is 0 Å². The Balaban J connectivity index is 2.02. The van der Waals surface area contributed by atoms with E-state index in [1.807, 2.05) is 0 Å². The van der Waals surface area contributed by atoms with Gasteiger partial charge >= 0.3 is 0 Å². The van der Waals surface area contributed by atoms with E-state index in [2.05, 4.69) is 74.5 Å². The fourth-order valence-corrected chi connectivity index (χ4v) is 3.02. The molecule has 0 nitrogen and oxygen atoms in total. The van der Waals surface area contributed by atoms with Gasteiger partial charge in [-0.15, -0.1) is 0 Å². The molecule has 21 heavy (non-hydrogen) atoms. The van der Waals surface area contributed by atoms with E-state index < -0.39 is 0 Å². The second-order valence-electron chi connectivity index (χ2n) is 5.68. The van der Waals surface area contributed by atoms with E-state index in [9.17, 15) is 0 Å². The highest BCUT2D eigenvalue weighted by molar-refractivity contribution is 5.85. The third kappa shape index (κ3) is 3.00. The lowest BCUT2D eigenvalue weighted by molar-refractivity contribution is 1.06. The summed E-state index contributed by atoms with van der Waals surface area (Å²) in [6.45, 7) is 4.47. The van der Waals surface area contributed by atoms with Gasteiger partial charge in [0.1, 0.15) is 0 Å². The van der Waals surface area contributed by atoms with Crippen molar-refractivity contribution < 1.29 is 0 Å². The molecule has 0 aliphatic rings. The number of hydrogen-bond donors (Lipinski definition) is 0. The molecule has 3 aromatic carbocycles. The van der Waals surface area contributed by atoms with Crippen molar-refractivity contribution in [2.45, 2.75) is 33.1 Å². The highest BCUT2D eigenvalue weighted by Gasteiger charge is 2.04. The number of hydrogen-bond acceptors (Lipinski definition) is 0. The fourth-order valence-electron chi connectivity index (χ4n) is 3.02.